The minimum absolute atomic E-state index is 0.266. The van der Waals surface area contributed by atoms with Crippen LogP contribution < -0.4 is 0 Å². The summed E-state index contributed by atoms with van der Waals surface area (Å²) in [5, 5.41) is 0.661. The van der Waals surface area contributed by atoms with Crippen molar-refractivity contribution in [3.63, 3.8) is 0 Å². The number of nitrogens with one attached hydrogen (secondary N) is 1. The van der Waals surface area contributed by atoms with Crippen molar-refractivity contribution < 1.29 is 18.7 Å². The summed E-state index contributed by atoms with van der Waals surface area (Å²) >= 11 is 0. The predicted octanol–water partition coefficient (Wildman–Crippen LogP) is 2.78. The molecule has 0 radical (unpaired) electrons. The van der Waals surface area contributed by atoms with Crippen molar-refractivity contribution in [3.05, 3.63) is 48.2 Å². The van der Waals surface area contributed by atoms with Crippen LogP contribution in [0, 0.1) is 0 Å². The Bertz CT molecular complexity index is 783. The summed E-state index contributed by atoms with van der Waals surface area (Å²) in [6.07, 6.45) is 1.51. The van der Waals surface area contributed by atoms with Crippen LogP contribution >= 0.6 is 0 Å². The van der Waals surface area contributed by atoms with Gasteiger partial charge >= 0.3 is 5.97 Å². The van der Waals surface area contributed by atoms with Gasteiger partial charge in [0.2, 0.25) is 0 Å². The largest absolute Gasteiger partial charge is 0.463 e. The summed E-state index contributed by atoms with van der Waals surface area (Å²) in [5.41, 5.74) is 1.50. The van der Waals surface area contributed by atoms with Crippen LogP contribution in [0.1, 0.15) is 10.4 Å². The van der Waals surface area contributed by atoms with Crippen molar-refractivity contribution in [2.24, 2.45) is 0 Å². The number of hydrogen-bond donors (Lipinski definition) is 1. The Balaban J connectivity index is 2.29. The van der Waals surface area contributed by atoms with Crippen LogP contribution in [-0.4, -0.2) is 23.8 Å². The normalized spacial score (nSPS) is 10.7. The minimum Gasteiger partial charge on any atom is -0.463 e. The maximum absolute atomic E-state index is 12.2. The van der Waals surface area contributed by atoms with Crippen molar-refractivity contribution in [2.75, 3.05) is 7.11 Å². The highest BCUT2D eigenvalue weighted by atomic mass is 16.5. The van der Waals surface area contributed by atoms with E-state index in [9.17, 15) is 9.59 Å². The van der Waals surface area contributed by atoms with E-state index in [1.807, 2.05) is 12.1 Å². The summed E-state index contributed by atoms with van der Waals surface area (Å²) in [7, 11) is 1.18. The maximum Gasteiger partial charge on any atom is 0.379 e. The first-order valence-corrected chi connectivity index (χ1v) is 5.99. The second-order valence-electron chi connectivity index (χ2n) is 4.22. The van der Waals surface area contributed by atoms with Gasteiger partial charge in [-0.15, -0.1) is 0 Å². The number of aromatic amines is 1. The van der Waals surface area contributed by atoms with Crippen LogP contribution in [0.4, 0.5) is 0 Å². The topological polar surface area (TPSA) is 72.3 Å². The first kappa shape index (κ1) is 12.2. The van der Waals surface area contributed by atoms with Crippen LogP contribution in [0.2, 0.25) is 0 Å². The lowest BCUT2D eigenvalue weighted by molar-refractivity contribution is -0.135. The van der Waals surface area contributed by atoms with Gasteiger partial charge in [-0.3, -0.25) is 4.79 Å². The van der Waals surface area contributed by atoms with E-state index < -0.39 is 11.8 Å². The van der Waals surface area contributed by atoms with E-state index in [-0.39, 0.29) is 5.56 Å². The molecule has 0 aliphatic rings. The van der Waals surface area contributed by atoms with Gasteiger partial charge in [-0.1, -0.05) is 18.2 Å². The molecule has 0 amide bonds. The average Bonchev–Trinajstić information content (AvgIpc) is 3.12. The standard InChI is InChI=1S/C15H11NO4/c1-19-15(18)14(17)12-9-5-2-3-6-10(9)16-13(12)11-7-4-8-20-11/h2-8,16H,1H3. The number of hydrogen-bond acceptors (Lipinski definition) is 4. The summed E-state index contributed by atoms with van der Waals surface area (Å²) in [6.45, 7) is 0. The number of carbonyl (C=O) groups is 2. The van der Waals surface area contributed by atoms with Crippen molar-refractivity contribution in [1.29, 1.82) is 0 Å². The molecule has 2 heterocycles. The van der Waals surface area contributed by atoms with Gasteiger partial charge in [0.25, 0.3) is 5.78 Å². The first-order chi connectivity index (χ1) is 9.72. The second-order valence-corrected chi connectivity index (χ2v) is 4.22. The van der Waals surface area contributed by atoms with Gasteiger partial charge < -0.3 is 14.1 Å². The number of para-hydroxylation sites is 1. The van der Waals surface area contributed by atoms with Crippen LogP contribution in [-0.2, 0) is 9.53 Å². The molecule has 0 fully saturated rings. The molecule has 0 atom stereocenters. The third kappa shape index (κ3) is 1.80. The Labute approximate surface area is 114 Å². The van der Waals surface area contributed by atoms with E-state index in [2.05, 4.69) is 9.72 Å². The SMILES string of the molecule is COC(=O)C(=O)c1c(-c2ccco2)[nH]c2ccccc12. The molecular weight excluding hydrogens is 258 g/mol. The van der Waals surface area contributed by atoms with Gasteiger partial charge in [0.15, 0.2) is 5.76 Å². The van der Waals surface area contributed by atoms with E-state index in [0.717, 1.165) is 5.52 Å². The molecule has 3 rings (SSSR count). The Kier molecular flexibility index (Phi) is 2.87. The molecule has 3 aromatic rings. The van der Waals surface area contributed by atoms with Gasteiger partial charge in [-0.05, 0) is 18.2 Å². The smallest absolute Gasteiger partial charge is 0.379 e. The van der Waals surface area contributed by atoms with Crippen LogP contribution in [0.5, 0.6) is 0 Å². The van der Waals surface area contributed by atoms with Gasteiger partial charge in [0.1, 0.15) is 0 Å². The molecule has 0 unspecified atom stereocenters. The highest BCUT2D eigenvalue weighted by Crippen LogP contribution is 2.31. The molecule has 0 bridgehead atoms. The number of Topliss-reactive ketones (excluding diaryl/α,β-unsaturated/α-hetero) is 1. The van der Waals surface area contributed by atoms with E-state index in [0.29, 0.717) is 16.8 Å². The zero-order valence-corrected chi connectivity index (χ0v) is 10.7. The first-order valence-electron chi connectivity index (χ1n) is 5.99. The molecule has 0 aliphatic carbocycles. The van der Waals surface area contributed by atoms with E-state index in [4.69, 9.17) is 4.42 Å². The zero-order valence-electron chi connectivity index (χ0n) is 10.7. The molecule has 2 aromatic heterocycles. The van der Waals surface area contributed by atoms with Gasteiger partial charge in [0, 0.05) is 10.9 Å². The molecule has 1 aromatic carbocycles. The highest BCUT2D eigenvalue weighted by Gasteiger charge is 2.26. The lowest BCUT2D eigenvalue weighted by atomic mass is 10.1. The average molecular weight is 269 g/mol. The molecule has 0 spiro atoms. The highest BCUT2D eigenvalue weighted by molar-refractivity contribution is 6.44. The molecule has 0 aliphatic heterocycles. The second kappa shape index (κ2) is 4.70. The number of carbonyl (C=O) groups excluding carboxylic acids is 2. The molecular formula is C15H11NO4. The number of methoxy groups -OCH3 is 1. The van der Waals surface area contributed by atoms with Crippen molar-refractivity contribution in [2.45, 2.75) is 0 Å². The number of H-pyrrole nitrogens is 1. The number of ketones is 1. The van der Waals surface area contributed by atoms with E-state index in [1.165, 1.54) is 13.4 Å². The molecule has 100 valence electrons. The monoisotopic (exact) mass is 269 g/mol. The van der Waals surface area contributed by atoms with E-state index >= 15 is 0 Å². The minimum atomic E-state index is -0.900. The Morgan fingerprint density at radius 3 is 2.65 bits per heavy atom. The lowest BCUT2D eigenvalue weighted by Gasteiger charge is -2.00. The lowest BCUT2D eigenvalue weighted by Crippen LogP contribution is -2.16. The Morgan fingerprint density at radius 1 is 1.15 bits per heavy atom. The number of aromatic nitrogens is 1. The fourth-order valence-electron chi connectivity index (χ4n) is 2.18. The van der Waals surface area contributed by atoms with Crippen molar-refractivity contribution in [1.82, 2.24) is 4.98 Å². The number of esters is 1. The molecule has 5 heteroatoms. The summed E-state index contributed by atoms with van der Waals surface area (Å²) < 4.78 is 9.84. The molecule has 1 N–H and O–H groups in total. The molecule has 20 heavy (non-hydrogen) atoms. The predicted molar refractivity (Wildman–Crippen MR) is 72.3 cm³/mol. The fraction of sp³-hybridized carbons (Fsp3) is 0.0667. The number of furan rings is 1. The van der Waals surface area contributed by atoms with Crippen molar-refractivity contribution >= 4 is 22.7 Å². The van der Waals surface area contributed by atoms with E-state index in [1.54, 1.807) is 24.3 Å². The number of ether oxygens (including phenoxy) is 1. The van der Waals surface area contributed by atoms with Gasteiger partial charge in [-0.2, -0.15) is 0 Å². The molecule has 5 nitrogen and oxygen atoms in total. The fourth-order valence-corrected chi connectivity index (χ4v) is 2.18. The maximum atomic E-state index is 12.2. The number of benzene rings is 1. The van der Waals surface area contributed by atoms with Crippen LogP contribution in [0.3, 0.4) is 0 Å². The van der Waals surface area contributed by atoms with Gasteiger partial charge in [0.05, 0.1) is 24.6 Å². The van der Waals surface area contributed by atoms with Crippen molar-refractivity contribution in [3.8, 4) is 11.5 Å². The number of rotatable bonds is 3. The Morgan fingerprint density at radius 2 is 1.95 bits per heavy atom. The summed E-state index contributed by atoms with van der Waals surface area (Å²) in [4.78, 5) is 26.9. The quantitative estimate of drug-likeness (QED) is 0.451. The third-order valence-electron chi connectivity index (χ3n) is 3.07. The zero-order chi connectivity index (χ0) is 14.1. The summed E-state index contributed by atoms with van der Waals surface area (Å²) in [6, 6.07) is 10.7. The molecule has 0 saturated heterocycles. The number of fused-ring (bicyclic) bond motifs is 1. The third-order valence-corrected chi connectivity index (χ3v) is 3.07. The van der Waals surface area contributed by atoms with Gasteiger partial charge in [-0.25, -0.2) is 4.79 Å². The Hall–Kier alpha value is -2.82. The van der Waals surface area contributed by atoms with Crippen LogP contribution in [0.25, 0.3) is 22.4 Å². The molecule has 0 saturated carbocycles. The van der Waals surface area contributed by atoms with Crippen LogP contribution in [0.15, 0.2) is 47.1 Å². The summed E-state index contributed by atoms with van der Waals surface area (Å²) in [5.74, 6) is -1.10.